The molecular formula is C11H19N3O4. The Kier molecular flexibility index (Phi) is 6.04. The third-order valence-corrected chi connectivity index (χ3v) is 2.61. The summed E-state index contributed by atoms with van der Waals surface area (Å²) in [4.78, 5) is 18.2. The van der Waals surface area contributed by atoms with Crippen molar-refractivity contribution in [2.45, 2.75) is 26.8 Å². The van der Waals surface area contributed by atoms with Crippen molar-refractivity contribution < 1.29 is 19.8 Å². The van der Waals surface area contributed by atoms with Gasteiger partial charge in [0.25, 0.3) is 0 Å². The molecule has 0 amide bonds. The standard InChI is InChI=1S/C9H17N3.C2H2O4/c1-6(10-4)9-7(2)11-12(5)8(9)3;3-1(4)2(5)6/h6,10H,1-5H3;(H,3,4)(H,5,6). The molecule has 3 N–H and O–H groups in total. The number of aryl methyl sites for hydroxylation is 2. The Bertz CT molecular complexity index is 428. The molecule has 0 saturated heterocycles. The zero-order chi connectivity index (χ0) is 14.5. The lowest BCUT2D eigenvalue weighted by Gasteiger charge is -2.10. The quantitative estimate of drug-likeness (QED) is 0.665. The number of aromatic nitrogens is 2. The summed E-state index contributed by atoms with van der Waals surface area (Å²) < 4.78 is 1.93. The van der Waals surface area contributed by atoms with Crippen LogP contribution in [0.5, 0.6) is 0 Å². The van der Waals surface area contributed by atoms with Crippen LogP contribution in [0.25, 0.3) is 0 Å². The zero-order valence-electron chi connectivity index (χ0n) is 11.2. The van der Waals surface area contributed by atoms with Crippen molar-refractivity contribution in [3.05, 3.63) is 17.0 Å². The van der Waals surface area contributed by atoms with Gasteiger partial charge >= 0.3 is 11.9 Å². The molecule has 1 atom stereocenters. The highest BCUT2D eigenvalue weighted by Crippen LogP contribution is 2.19. The summed E-state index contributed by atoms with van der Waals surface area (Å²) in [6.07, 6.45) is 0. The van der Waals surface area contributed by atoms with Gasteiger partial charge in [-0.15, -0.1) is 0 Å². The van der Waals surface area contributed by atoms with Gasteiger partial charge in [0.2, 0.25) is 0 Å². The number of carbonyl (C=O) groups is 2. The minimum absolute atomic E-state index is 0.388. The van der Waals surface area contributed by atoms with E-state index in [1.165, 1.54) is 11.3 Å². The SMILES string of the molecule is CNC(C)c1c(C)nn(C)c1C.O=C(O)C(=O)O. The van der Waals surface area contributed by atoms with Gasteiger partial charge in [-0.2, -0.15) is 5.10 Å². The number of carboxylic acids is 2. The maximum atomic E-state index is 9.10. The largest absolute Gasteiger partial charge is 0.473 e. The van der Waals surface area contributed by atoms with Crippen LogP contribution in [-0.4, -0.2) is 39.0 Å². The lowest BCUT2D eigenvalue weighted by molar-refractivity contribution is -0.159. The first kappa shape index (κ1) is 16.1. The third kappa shape index (κ3) is 4.17. The van der Waals surface area contributed by atoms with Gasteiger partial charge in [0.15, 0.2) is 0 Å². The van der Waals surface area contributed by atoms with Gasteiger partial charge in [0, 0.05) is 24.3 Å². The lowest BCUT2D eigenvalue weighted by Crippen LogP contribution is -2.14. The molecule has 18 heavy (non-hydrogen) atoms. The van der Waals surface area contributed by atoms with Gasteiger partial charge in [-0.05, 0) is 27.8 Å². The molecule has 1 heterocycles. The van der Waals surface area contributed by atoms with E-state index < -0.39 is 11.9 Å². The summed E-state index contributed by atoms with van der Waals surface area (Å²) in [5.74, 6) is -3.65. The highest BCUT2D eigenvalue weighted by molar-refractivity contribution is 6.27. The molecule has 0 aromatic carbocycles. The molecule has 7 heteroatoms. The van der Waals surface area contributed by atoms with Crippen molar-refractivity contribution in [1.82, 2.24) is 15.1 Å². The summed E-state index contributed by atoms with van der Waals surface area (Å²) in [5.41, 5.74) is 3.69. The van der Waals surface area contributed by atoms with Crippen LogP contribution in [0.3, 0.4) is 0 Å². The van der Waals surface area contributed by atoms with Crippen LogP contribution >= 0.6 is 0 Å². The summed E-state index contributed by atoms with van der Waals surface area (Å²) in [6.45, 7) is 6.30. The molecule has 7 nitrogen and oxygen atoms in total. The van der Waals surface area contributed by atoms with Crippen LogP contribution in [0.15, 0.2) is 0 Å². The second-order valence-electron chi connectivity index (χ2n) is 3.83. The Labute approximate surface area is 105 Å². The molecule has 1 aromatic rings. The van der Waals surface area contributed by atoms with E-state index in [-0.39, 0.29) is 0 Å². The van der Waals surface area contributed by atoms with E-state index >= 15 is 0 Å². The number of hydrogen-bond donors (Lipinski definition) is 3. The molecule has 0 spiro atoms. The number of hydrogen-bond acceptors (Lipinski definition) is 4. The summed E-state index contributed by atoms with van der Waals surface area (Å²) >= 11 is 0. The number of nitrogens with one attached hydrogen (secondary N) is 1. The smallest absolute Gasteiger partial charge is 0.414 e. The predicted octanol–water partition coefficient (Wildman–Crippen LogP) is 0.473. The van der Waals surface area contributed by atoms with Crippen molar-refractivity contribution in [2.24, 2.45) is 7.05 Å². The minimum atomic E-state index is -1.82. The number of carboxylic acid groups (broad SMARTS) is 2. The van der Waals surface area contributed by atoms with Crippen molar-refractivity contribution in [2.75, 3.05) is 7.05 Å². The Morgan fingerprint density at radius 2 is 1.72 bits per heavy atom. The van der Waals surface area contributed by atoms with Crippen molar-refractivity contribution in [3.63, 3.8) is 0 Å². The van der Waals surface area contributed by atoms with Gasteiger partial charge in [0.05, 0.1) is 5.69 Å². The third-order valence-electron chi connectivity index (χ3n) is 2.61. The Morgan fingerprint density at radius 1 is 1.28 bits per heavy atom. The average molecular weight is 257 g/mol. The number of rotatable bonds is 2. The number of nitrogens with zero attached hydrogens (tertiary/aromatic N) is 2. The Morgan fingerprint density at radius 3 is 1.94 bits per heavy atom. The Hall–Kier alpha value is -1.89. The van der Waals surface area contributed by atoms with Crippen LogP contribution in [0.2, 0.25) is 0 Å². The molecule has 102 valence electrons. The molecule has 1 aromatic heterocycles. The number of aliphatic carboxylic acids is 2. The molecule has 1 unspecified atom stereocenters. The summed E-state index contributed by atoms with van der Waals surface area (Å²) in [7, 11) is 3.95. The lowest BCUT2D eigenvalue weighted by atomic mass is 10.1. The first-order valence-corrected chi connectivity index (χ1v) is 5.35. The van der Waals surface area contributed by atoms with Crippen molar-refractivity contribution in [3.8, 4) is 0 Å². The van der Waals surface area contributed by atoms with Crippen LogP contribution in [0, 0.1) is 13.8 Å². The van der Waals surface area contributed by atoms with Gasteiger partial charge < -0.3 is 15.5 Å². The van der Waals surface area contributed by atoms with E-state index in [0.29, 0.717) is 6.04 Å². The zero-order valence-corrected chi connectivity index (χ0v) is 11.2. The summed E-state index contributed by atoms with van der Waals surface area (Å²) in [6, 6.07) is 0.388. The maximum Gasteiger partial charge on any atom is 0.414 e. The van der Waals surface area contributed by atoms with Gasteiger partial charge in [-0.1, -0.05) is 0 Å². The van der Waals surface area contributed by atoms with Crippen LogP contribution < -0.4 is 5.32 Å². The fourth-order valence-electron chi connectivity index (χ4n) is 1.56. The molecule has 1 rings (SSSR count). The molecule has 0 bridgehead atoms. The van der Waals surface area contributed by atoms with E-state index in [0.717, 1.165) is 5.69 Å². The molecular weight excluding hydrogens is 238 g/mol. The Balaban J connectivity index is 0.000000411. The van der Waals surface area contributed by atoms with Crippen LogP contribution in [-0.2, 0) is 16.6 Å². The van der Waals surface area contributed by atoms with E-state index in [2.05, 4.69) is 31.2 Å². The fraction of sp³-hybridized carbons (Fsp3) is 0.545. The van der Waals surface area contributed by atoms with E-state index in [4.69, 9.17) is 19.8 Å². The monoisotopic (exact) mass is 257 g/mol. The van der Waals surface area contributed by atoms with E-state index in [1.807, 2.05) is 18.8 Å². The molecule has 0 radical (unpaired) electrons. The molecule has 0 aliphatic heterocycles. The first-order valence-electron chi connectivity index (χ1n) is 5.35. The fourth-order valence-corrected chi connectivity index (χ4v) is 1.56. The minimum Gasteiger partial charge on any atom is -0.473 e. The molecule has 0 saturated carbocycles. The van der Waals surface area contributed by atoms with Gasteiger partial charge in [-0.3, -0.25) is 4.68 Å². The normalized spacial score (nSPS) is 11.4. The molecule has 0 fully saturated rings. The topological polar surface area (TPSA) is 104 Å². The van der Waals surface area contributed by atoms with Gasteiger partial charge in [0.1, 0.15) is 0 Å². The first-order chi connectivity index (χ1) is 8.22. The predicted molar refractivity (Wildman–Crippen MR) is 65.4 cm³/mol. The highest BCUT2D eigenvalue weighted by Gasteiger charge is 2.13. The van der Waals surface area contributed by atoms with E-state index in [9.17, 15) is 0 Å². The van der Waals surface area contributed by atoms with Crippen LogP contribution in [0.4, 0.5) is 0 Å². The maximum absolute atomic E-state index is 9.10. The second kappa shape index (κ2) is 6.75. The van der Waals surface area contributed by atoms with Crippen LogP contribution in [0.1, 0.15) is 29.9 Å². The molecule has 0 aliphatic rings. The van der Waals surface area contributed by atoms with Crippen molar-refractivity contribution in [1.29, 1.82) is 0 Å². The average Bonchev–Trinajstić information content (AvgIpc) is 2.53. The highest BCUT2D eigenvalue weighted by atomic mass is 16.4. The van der Waals surface area contributed by atoms with Gasteiger partial charge in [-0.25, -0.2) is 9.59 Å². The van der Waals surface area contributed by atoms with E-state index in [1.54, 1.807) is 0 Å². The molecule has 0 aliphatic carbocycles. The second-order valence-corrected chi connectivity index (χ2v) is 3.83. The van der Waals surface area contributed by atoms with Crippen molar-refractivity contribution >= 4 is 11.9 Å². The summed E-state index contributed by atoms with van der Waals surface area (Å²) in [5, 5.41) is 22.4.